The monoisotopic (exact) mass is 267 g/mol. The van der Waals surface area contributed by atoms with Crippen LogP contribution in [0.4, 0.5) is 0 Å². The van der Waals surface area contributed by atoms with Gasteiger partial charge in [0.2, 0.25) is 0 Å². The summed E-state index contributed by atoms with van der Waals surface area (Å²) in [5, 5.41) is 1.12. The van der Waals surface area contributed by atoms with Gasteiger partial charge in [0.25, 0.3) is 5.91 Å². The number of aryl methyl sites for hydroxylation is 1. The lowest BCUT2D eigenvalue weighted by Gasteiger charge is -2.15. The van der Waals surface area contributed by atoms with E-state index < -0.39 is 0 Å². The lowest BCUT2D eigenvalue weighted by atomic mass is 10.1. The third kappa shape index (κ3) is 4.44. The van der Waals surface area contributed by atoms with E-state index in [-0.39, 0.29) is 12.5 Å². The fraction of sp³-hybridized carbons (Fsp3) is 0.500. The van der Waals surface area contributed by atoms with E-state index in [1.807, 2.05) is 18.2 Å². The molecule has 0 aliphatic rings. The fourth-order valence-electron chi connectivity index (χ4n) is 1.61. The Hall–Kier alpha value is -1.75. The molecule has 106 valence electrons. The van der Waals surface area contributed by atoms with Gasteiger partial charge in [-0.3, -0.25) is 9.63 Å². The van der Waals surface area contributed by atoms with Crippen molar-refractivity contribution >= 4 is 5.91 Å². The molecule has 0 saturated heterocycles. The lowest BCUT2D eigenvalue weighted by molar-refractivity contribution is -0.170. The molecule has 0 bridgehead atoms. The van der Waals surface area contributed by atoms with Gasteiger partial charge in [0.15, 0.2) is 18.1 Å². The van der Waals surface area contributed by atoms with Crippen LogP contribution in [-0.4, -0.2) is 38.8 Å². The number of carbonyl (C=O) groups is 1. The van der Waals surface area contributed by atoms with Crippen LogP contribution in [0, 0.1) is 0 Å². The number of ether oxygens (including phenoxy) is 2. The Morgan fingerprint density at radius 2 is 2.00 bits per heavy atom. The molecule has 0 aliphatic heterocycles. The van der Waals surface area contributed by atoms with Crippen LogP contribution in [0.5, 0.6) is 11.5 Å². The number of likely N-dealkylation sites (N-methyl/N-ethyl adjacent to an activating group) is 1. The van der Waals surface area contributed by atoms with Crippen molar-refractivity contribution in [1.82, 2.24) is 5.06 Å². The summed E-state index contributed by atoms with van der Waals surface area (Å²) in [6.07, 6.45) is 2.06. The second kappa shape index (κ2) is 7.63. The quantitative estimate of drug-likeness (QED) is 0.709. The van der Waals surface area contributed by atoms with E-state index in [4.69, 9.17) is 14.3 Å². The third-order valence-electron chi connectivity index (χ3n) is 2.74. The Kier molecular flexibility index (Phi) is 6.15. The van der Waals surface area contributed by atoms with Crippen LogP contribution in [0.25, 0.3) is 0 Å². The van der Waals surface area contributed by atoms with E-state index in [0.29, 0.717) is 11.5 Å². The van der Waals surface area contributed by atoms with Gasteiger partial charge in [-0.15, -0.1) is 0 Å². The summed E-state index contributed by atoms with van der Waals surface area (Å²) < 4.78 is 10.7. The predicted molar refractivity (Wildman–Crippen MR) is 72.3 cm³/mol. The number of methoxy groups -OCH3 is 1. The molecular formula is C14H21NO4. The van der Waals surface area contributed by atoms with Gasteiger partial charge in [0.05, 0.1) is 14.2 Å². The van der Waals surface area contributed by atoms with Gasteiger partial charge in [-0.05, 0) is 24.1 Å². The predicted octanol–water partition coefficient (Wildman–Crippen LogP) is 2.05. The van der Waals surface area contributed by atoms with E-state index in [9.17, 15) is 4.79 Å². The minimum absolute atomic E-state index is 0.0895. The molecule has 0 aliphatic carbocycles. The van der Waals surface area contributed by atoms with E-state index in [0.717, 1.165) is 17.9 Å². The summed E-state index contributed by atoms with van der Waals surface area (Å²) in [6.45, 7) is 2.03. The molecule has 1 aromatic rings. The maximum Gasteiger partial charge on any atom is 0.283 e. The highest BCUT2D eigenvalue weighted by molar-refractivity contribution is 5.76. The Labute approximate surface area is 114 Å². The van der Waals surface area contributed by atoms with Gasteiger partial charge in [0, 0.05) is 7.05 Å². The lowest BCUT2D eigenvalue weighted by Crippen LogP contribution is -2.30. The van der Waals surface area contributed by atoms with E-state index in [1.165, 1.54) is 19.7 Å². The SMILES string of the molecule is CCCc1ccc(OCC(=O)N(C)OC)c(OC)c1. The molecule has 0 spiro atoms. The van der Waals surface area contributed by atoms with Gasteiger partial charge in [-0.1, -0.05) is 19.4 Å². The molecule has 1 aromatic carbocycles. The molecule has 5 nitrogen and oxygen atoms in total. The number of hydrogen-bond acceptors (Lipinski definition) is 4. The maximum absolute atomic E-state index is 11.6. The zero-order chi connectivity index (χ0) is 14.3. The third-order valence-corrected chi connectivity index (χ3v) is 2.74. The summed E-state index contributed by atoms with van der Waals surface area (Å²) in [4.78, 5) is 16.3. The number of hydrogen-bond donors (Lipinski definition) is 0. The van der Waals surface area contributed by atoms with Crippen molar-refractivity contribution in [2.45, 2.75) is 19.8 Å². The molecule has 19 heavy (non-hydrogen) atoms. The van der Waals surface area contributed by atoms with Crippen molar-refractivity contribution in [3.63, 3.8) is 0 Å². The fourth-order valence-corrected chi connectivity index (χ4v) is 1.61. The summed E-state index contributed by atoms with van der Waals surface area (Å²) in [7, 11) is 4.55. The molecule has 0 heterocycles. The van der Waals surface area contributed by atoms with Gasteiger partial charge >= 0.3 is 0 Å². The molecule has 0 unspecified atom stereocenters. The molecule has 1 rings (SSSR count). The van der Waals surface area contributed by atoms with Gasteiger partial charge < -0.3 is 9.47 Å². The molecule has 0 N–H and O–H groups in total. The first kappa shape index (κ1) is 15.3. The van der Waals surface area contributed by atoms with Crippen molar-refractivity contribution < 1.29 is 19.1 Å². The van der Waals surface area contributed by atoms with Crippen LogP contribution in [0.1, 0.15) is 18.9 Å². The van der Waals surface area contributed by atoms with E-state index >= 15 is 0 Å². The molecule has 0 fully saturated rings. The van der Waals surface area contributed by atoms with Crippen molar-refractivity contribution in [2.75, 3.05) is 27.9 Å². The topological polar surface area (TPSA) is 48.0 Å². The Bertz CT molecular complexity index is 420. The first-order chi connectivity index (χ1) is 9.12. The van der Waals surface area contributed by atoms with E-state index in [1.54, 1.807) is 7.11 Å². The average molecular weight is 267 g/mol. The van der Waals surface area contributed by atoms with Crippen molar-refractivity contribution in [3.05, 3.63) is 23.8 Å². The summed E-state index contributed by atoms with van der Waals surface area (Å²) in [5.41, 5.74) is 1.19. The minimum atomic E-state index is -0.262. The molecule has 0 saturated carbocycles. The average Bonchev–Trinajstić information content (AvgIpc) is 2.44. The second-order valence-electron chi connectivity index (χ2n) is 4.10. The first-order valence-corrected chi connectivity index (χ1v) is 6.22. The molecule has 0 aromatic heterocycles. The number of hydroxylamine groups is 2. The molecular weight excluding hydrogens is 246 g/mol. The van der Waals surface area contributed by atoms with E-state index in [2.05, 4.69) is 6.92 Å². The van der Waals surface area contributed by atoms with Gasteiger partial charge in [0.1, 0.15) is 0 Å². The number of nitrogens with zero attached hydrogens (tertiary/aromatic N) is 1. The number of carbonyl (C=O) groups excluding carboxylic acids is 1. The number of amides is 1. The minimum Gasteiger partial charge on any atom is -0.493 e. The summed E-state index contributed by atoms with van der Waals surface area (Å²) in [5.74, 6) is 0.932. The van der Waals surface area contributed by atoms with Crippen LogP contribution in [0.2, 0.25) is 0 Å². The molecule has 1 amide bonds. The van der Waals surface area contributed by atoms with Crippen molar-refractivity contribution in [1.29, 1.82) is 0 Å². The highest BCUT2D eigenvalue weighted by Gasteiger charge is 2.11. The number of benzene rings is 1. The first-order valence-electron chi connectivity index (χ1n) is 6.22. The Morgan fingerprint density at radius 1 is 1.26 bits per heavy atom. The highest BCUT2D eigenvalue weighted by atomic mass is 16.7. The Balaban J connectivity index is 2.70. The zero-order valence-electron chi connectivity index (χ0n) is 11.9. The zero-order valence-corrected chi connectivity index (χ0v) is 11.9. The van der Waals surface area contributed by atoms with Gasteiger partial charge in [-0.2, -0.15) is 0 Å². The molecule has 0 atom stereocenters. The maximum atomic E-state index is 11.6. The Morgan fingerprint density at radius 3 is 2.58 bits per heavy atom. The van der Waals surface area contributed by atoms with Crippen LogP contribution >= 0.6 is 0 Å². The normalized spacial score (nSPS) is 10.1. The van der Waals surface area contributed by atoms with Crippen molar-refractivity contribution in [3.8, 4) is 11.5 Å². The standard InChI is InChI=1S/C14H21NO4/c1-5-6-11-7-8-12(13(9-11)17-3)19-10-14(16)15(2)18-4/h7-9H,5-6,10H2,1-4H3. The van der Waals surface area contributed by atoms with Crippen molar-refractivity contribution in [2.24, 2.45) is 0 Å². The van der Waals surface area contributed by atoms with Crippen LogP contribution < -0.4 is 9.47 Å². The smallest absolute Gasteiger partial charge is 0.283 e. The highest BCUT2D eigenvalue weighted by Crippen LogP contribution is 2.28. The summed E-state index contributed by atoms with van der Waals surface area (Å²) in [6, 6.07) is 5.74. The largest absolute Gasteiger partial charge is 0.493 e. The summed E-state index contributed by atoms with van der Waals surface area (Å²) >= 11 is 0. The van der Waals surface area contributed by atoms with Crippen LogP contribution in [-0.2, 0) is 16.1 Å². The molecule has 0 radical (unpaired) electrons. The van der Waals surface area contributed by atoms with Crippen LogP contribution in [0.15, 0.2) is 18.2 Å². The van der Waals surface area contributed by atoms with Gasteiger partial charge in [-0.25, -0.2) is 5.06 Å². The number of rotatable bonds is 7. The second-order valence-corrected chi connectivity index (χ2v) is 4.10. The molecule has 5 heteroatoms. The van der Waals surface area contributed by atoms with Crippen LogP contribution in [0.3, 0.4) is 0 Å².